The Morgan fingerprint density at radius 2 is 1.82 bits per heavy atom. The molecule has 10 nitrogen and oxygen atoms in total. The lowest BCUT2D eigenvalue weighted by Gasteiger charge is -2.19. The lowest BCUT2D eigenvalue weighted by Crippen LogP contribution is -2.31. The Balaban J connectivity index is 1.71. The second-order valence-electron chi connectivity index (χ2n) is 8.12. The Hall–Kier alpha value is -3.82. The minimum absolute atomic E-state index is 0.0705. The zero-order valence-electron chi connectivity index (χ0n) is 20.2. The van der Waals surface area contributed by atoms with Crippen LogP contribution in [0.3, 0.4) is 0 Å². The number of carbonyl (C=O) groups excluding carboxylic acids is 1. The van der Waals surface area contributed by atoms with Gasteiger partial charge in [0.05, 0.1) is 15.9 Å². The Kier molecular flexibility index (Phi) is 8.04. The highest BCUT2D eigenvalue weighted by Crippen LogP contribution is 2.31. The van der Waals surface area contributed by atoms with Crippen molar-refractivity contribution in [3.63, 3.8) is 0 Å². The highest BCUT2D eigenvalue weighted by molar-refractivity contribution is 7.93. The lowest BCUT2D eigenvalue weighted by molar-refractivity contribution is -0.189. The van der Waals surface area contributed by atoms with E-state index in [1.807, 2.05) is 0 Å². The summed E-state index contributed by atoms with van der Waals surface area (Å²) in [5.74, 6) is -1.23. The van der Waals surface area contributed by atoms with E-state index in [2.05, 4.69) is 9.97 Å². The van der Waals surface area contributed by atoms with Crippen LogP contribution < -0.4 is 15.2 Å². The van der Waals surface area contributed by atoms with Gasteiger partial charge in [0, 0.05) is 17.4 Å². The third-order valence-electron chi connectivity index (χ3n) is 5.32. The van der Waals surface area contributed by atoms with E-state index in [4.69, 9.17) is 15.2 Å². The molecule has 4 rings (SSSR count). The Bertz CT molecular complexity index is 1590. The molecule has 2 N–H and O–H groups in total. The molecule has 0 spiro atoms. The van der Waals surface area contributed by atoms with Crippen LogP contribution >= 0.6 is 0 Å². The number of pyridine rings is 1. The van der Waals surface area contributed by atoms with Gasteiger partial charge in [0.1, 0.15) is 17.2 Å². The molecule has 2 aromatic carbocycles. The van der Waals surface area contributed by atoms with Gasteiger partial charge in [-0.2, -0.15) is 22.1 Å². The molecule has 15 heteroatoms. The number of carbonyl (C=O) groups is 1. The standard InChI is InChI=1S/C24H21F3N4O6S2/c1-15(24(25,26)27)37-21-7-4-12-29-19(21)14-38(33)23-30-18-5-2-3-6-20(18)31(23)39(34,35)17-10-8-16(9-11-17)36-13-22(28)32/h2-12,15H,13-14H2,1H3,(H2,28,32). The van der Waals surface area contributed by atoms with Crippen molar-refractivity contribution in [2.75, 3.05) is 6.61 Å². The van der Waals surface area contributed by atoms with E-state index >= 15 is 0 Å². The molecule has 0 saturated carbocycles. The number of hydrogen-bond donors (Lipinski definition) is 1. The second-order valence-corrected chi connectivity index (χ2v) is 11.3. The van der Waals surface area contributed by atoms with E-state index in [0.29, 0.717) is 0 Å². The van der Waals surface area contributed by atoms with Crippen LogP contribution in [0.5, 0.6) is 11.5 Å². The van der Waals surface area contributed by atoms with Crippen LogP contribution in [0.1, 0.15) is 12.6 Å². The molecular formula is C24H21F3N4O6S2. The van der Waals surface area contributed by atoms with Crippen molar-refractivity contribution < 1.29 is 40.4 Å². The van der Waals surface area contributed by atoms with E-state index < -0.39 is 51.7 Å². The number of imidazole rings is 1. The number of benzene rings is 2. The van der Waals surface area contributed by atoms with Crippen LogP contribution in [0, 0.1) is 0 Å². The topological polar surface area (TPSA) is 149 Å². The molecule has 0 aliphatic heterocycles. The van der Waals surface area contributed by atoms with E-state index in [9.17, 15) is 30.9 Å². The fourth-order valence-corrected chi connectivity index (χ4v) is 6.38. The molecule has 39 heavy (non-hydrogen) atoms. The fraction of sp³-hybridized carbons (Fsp3) is 0.208. The van der Waals surface area contributed by atoms with E-state index in [0.717, 1.165) is 10.9 Å². The average molecular weight is 583 g/mol. The van der Waals surface area contributed by atoms with Gasteiger partial charge in [-0.25, -0.2) is 8.42 Å². The number of para-hydroxylation sites is 2. The first-order chi connectivity index (χ1) is 18.4. The predicted molar refractivity (Wildman–Crippen MR) is 134 cm³/mol. The van der Waals surface area contributed by atoms with Crippen molar-refractivity contribution in [3.05, 3.63) is 72.6 Å². The van der Waals surface area contributed by atoms with Gasteiger partial charge in [-0.15, -0.1) is 0 Å². The van der Waals surface area contributed by atoms with Gasteiger partial charge in [0.15, 0.2) is 18.5 Å². The van der Waals surface area contributed by atoms with Gasteiger partial charge < -0.3 is 19.8 Å². The summed E-state index contributed by atoms with van der Waals surface area (Å²) >= 11 is -2.18. The molecule has 0 fully saturated rings. The van der Waals surface area contributed by atoms with Gasteiger partial charge in [-0.3, -0.25) is 9.78 Å². The summed E-state index contributed by atoms with van der Waals surface area (Å²) in [6.07, 6.45) is -5.51. The number of ether oxygens (including phenoxy) is 2. The highest BCUT2D eigenvalue weighted by Gasteiger charge is 2.39. The van der Waals surface area contributed by atoms with Crippen LogP contribution in [0.4, 0.5) is 13.2 Å². The summed E-state index contributed by atoms with van der Waals surface area (Å²) < 4.78 is 91.0. The lowest BCUT2D eigenvalue weighted by atomic mass is 10.3. The normalized spacial score (nSPS) is 13.7. The minimum Gasteiger partial charge on any atom is -0.609 e. The van der Waals surface area contributed by atoms with Crippen molar-refractivity contribution in [3.8, 4) is 11.5 Å². The first kappa shape index (κ1) is 28.2. The number of nitrogens with zero attached hydrogens (tertiary/aromatic N) is 3. The summed E-state index contributed by atoms with van der Waals surface area (Å²) in [6, 6.07) is 13.9. The zero-order chi connectivity index (χ0) is 28.4. The molecule has 0 radical (unpaired) electrons. The summed E-state index contributed by atoms with van der Waals surface area (Å²) in [4.78, 5) is 19.0. The molecule has 4 aromatic rings. The predicted octanol–water partition coefficient (Wildman–Crippen LogP) is 3.17. The maximum absolute atomic E-state index is 13.7. The average Bonchev–Trinajstić information content (AvgIpc) is 3.29. The second kappa shape index (κ2) is 11.1. The van der Waals surface area contributed by atoms with Crippen molar-refractivity contribution in [2.24, 2.45) is 5.73 Å². The molecule has 2 heterocycles. The smallest absolute Gasteiger partial charge is 0.425 e. The molecule has 0 aliphatic carbocycles. The van der Waals surface area contributed by atoms with Gasteiger partial charge in [0.25, 0.3) is 15.9 Å². The molecule has 2 aromatic heterocycles. The summed E-state index contributed by atoms with van der Waals surface area (Å²) in [5.41, 5.74) is 5.34. The van der Waals surface area contributed by atoms with Crippen LogP contribution in [-0.4, -0.2) is 51.7 Å². The number of rotatable bonds is 10. The summed E-state index contributed by atoms with van der Waals surface area (Å²) in [6.45, 7) is 0.423. The summed E-state index contributed by atoms with van der Waals surface area (Å²) in [5, 5.41) is -0.356. The first-order valence-electron chi connectivity index (χ1n) is 11.2. The van der Waals surface area contributed by atoms with Crippen LogP contribution in [-0.2, 0) is 31.7 Å². The van der Waals surface area contributed by atoms with Gasteiger partial charge in [0.2, 0.25) is 0 Å². The molecule has 2 unspecified atom stereocenters. The molecule has 2 atom stereocenters. The number of aromatic nitrogens is 3. The largest absolute Gasteiger partial charge is 0.609 e. The number of nitrogens with two attached hydrogens (primary N) is 1. The quantitative estimate of drug-likeness (QED) is 0.280. The molecule has 206 valence electrons. The van der Waals surface area contributed by atoms with Crippen LogP contribution in [0.15, 0.2) is 76.9 Å². The van der Waals surface area contributed by atoms with Crippen molar-refractivity contribution in [1.29, 1.82) is 0 Å². The van der Waals surface area contributed by atoms with E-state index in [-0.39, 0.29) is 38.3 Å². The Morgan fingerprint density at radius 1 is 1.13 bits per heavy atom. The zero-order valence-corrected chi connectivity index (χ0v) is 21.8. The third kappa shape index (κ3) is 6.26. The molecule has 0 bridgehead atoms. The maximum Gasteiger partial charge on any atom is 0.425 e. The summed E-state index contributed by atoms with van der Waals surface area (Å²) in [7, 11) is -4.37. The first-order valence-corrected chi connectivity index (χ1v) is 13.9. The van der Waals surface area contributed by atoms with Crippen molar-refractivity contribution >= 4 is 38.1 Å². The number of halogens is 3. The van der Waals surface area contributed by atoms with Crippen molar-refractivity contribution in [2.45, 2.75) is 35.0 Å². The van der Waals surface area contributed by atoms with Crippen LogP contribution in [0.2, 0.25) is 0 Å². The van der Waals surface area contributed by atoms with Gasteiger partial charge in [-0.05, 0) is 55.5 Å². The number of amides is 1. The highest BCUT2D eigenvalue weighted by atomic mass is 32.2. The van der Waals surface area contributed by atoms with Gasteiger partial charge in [-0.1, -0.05) is 12.1 Å². The van der Waals surface area contributed by atoms with Crippen LogP contribution in [0.25, 0.3) is 11.0 Å². The Morgan fingerprint density at radius 3 is 2.49 bits per heavy atom. The van der Waals surface area contributed by atoms with Gasteiger partial charge >= 0.3 is 11.3 Å². The molecule has 1 amide bonds. The minimum atomic E-state index is -4.64. The number of alkyl halides is 3. The maximum atomic E-state index is 13.7. The SMILES string of the molecule is CC(Oc1cccnc1C[S+]([O-])c1nc2ccccc2n1S(=O)(=O)c1ccc(OCC(N)=O)cc1)C(F)(F)F. The number of primary amides is 1. The molecule has 0 saturated heterocycles. The Labute approximate surface area is 223 Å². The van der Waals surface area contributed by atoms with Crippen molar-refractivity contribution in [1.82, 2.24) is 13.9 Å². The monoisotopic (exact) mass is 582 g/mol. The molecule has 0 aliphatic rings. The molecular weight excluding hydrogens is 561 g/mol. The van der Waals surface area contributed by atoms with E-state index in [1.54, 1.807) is 12.1 Å². The third-order valence-corrected chi connectivity index (χ3v) is 8.37. The fourth-order valence-electron chi connectivity index (χ4n) is 3.41. The number of hydrogen-bond acceptors (Lipinski definition) is 8. The van der Waals surface area contributed by atoms with E-state index in [1.165, 1.54) is 54.7 Å². The number of fused-ring (bicyclic) bond motifs is 1.